The first-order chi connectivity index (χ1) is 17.6. The van der Waals surface area contributed by atoms with Crippen molar-refractivity contribution in [3.63, 3.8) is 0 Å². The van der Waals surface area contributed by atoms with E-state index in [4.69, 9.17) is 0 Å². The molecule has 2 aliphatic rings. The summed E-state index contributed by atoms with van der Waals surface area (Å²) in [6.45, 7) is 1.67. The number of nitrogens with zero attached hydrogens (tertiary/aromatic N) is 3. The van der Waals surface area contributed by atoms with E-state index in [2.05, 4.69) is 5.10 Å². The number of halogens is 3. The number of rotatable bonds is 5. The van der Waals surface area contributed by atoms with Crippen LogP contribution in [-0.2, 0) is 27.0 Å². The lowest BCUT2D eigenvalue weighted by molar-refractivity contribution is -0.137. The van der Waals surface area contributed by atoms with Crippen LogP contribution in [0.15, 0.2) is 90.0 Å². The summed E-state index contributed by atoms with van der Waals surface area (Å²) in [6.07, 6.45) is -4.69. The molecular weight excluding hydrogens is 483 g/mol. The van der Waals surface area contributed by atoms with E-state index in [1.54, 1.807) is 37.3 Å². The van der Waals surface area contributed by atoms with E-state index in [1.165, 1.54) is 5.01 Å². The largest absolute Gasteiger partial charge is 0.416 e. The first-order valence-electron chi connectivity index (χ1n) is 11.7. The Hall–Kier alpha value is -4.27. The molecule has 3 amide bonds. The minimum atomic E-state index is -4.55. The number of benzene rings is 3. The molecule has 0 aliphatic carbocycles. The highest BCUT2D eigenvalue weighted by Crippen LogP contribution is 2.47. The van der Waals surface area contributed by atoms with Crippen molar-refractivity contribution < 1.29 is 27.6 Å². The molecule has 3 aromatic carbocycles. The number of amides is 3. The number of carbonyl (C=O) groups excluding carboxylic acids is 3. The fraction of sp³-hybridized carbons (Fsp3) is 0.214. The summed E-state index contributed by atoms with van der Waals surface area (Å²) in [6, 6.07) is 21.8. The molecule has 0 bridgehead atoms. The van der Waals surface area contributed by atoms with Crippen LogP contribution in [0.4, 0.5) is 24.5 Å². The van der Waals surface area contributed by atoms with Crippen molar-refractivity contribution >= 4 is 34.8 Å². The highest BCUT2D eigenvalue weighted by atomic mass is 19.4. The molecule has 1 saturated heterocycles. The Bertz CT molecular complexity index is 1390. The molecule has 3 aromatic rings. The summed E-state index contributed by atoms with van der Waals surface area (Å²) in [5.41, 5.74) is -0.595. The van der Waals surface area contributed by atoms with Gasteiger partial charge in [-0.2, -0.15) is 23.3 Å². The second-order valence-electron chi connectivity index (χ2n) is 9.14. The maximum atomic E-state index is 14.1. The Morgan fingerprint density at radius 3 is 2.05 bits per heavy atom. The van der Waals surface area contributed by atoms with Crippen LogP contribution in [0, 0.1) is 11.3 Å². The molecule has 0 aromatic heterocycles. The topological polar surface area (TPSA) is 70.1 Å². The predicted octanol–water partition coefficient (Wildman–Crippen LogP) is 5.24. The minimum absolute atomic E-state index is 0.0281. The minimum Gasteiger partial charge on any atom is -0.274 e. The van der Waals surface area contributed by atoms with Gasteiger partial charge in [-0.1, -0.05) is 48.5 Å². The average Bonchev–Trinajstić information content (AvgIpc) is 3.32. The number of alkyl halides is 3. The third-order valence-corrected chi connectivity index (χ3v) is 6.99. The second kappa shape index (κ2) is 8.99. The standard InChI is InChI=1S/C28H22F3N3O3/c1-18-27(17-19-8-4-2-5-9-19,26(37)34(32-18)22-10-6-3-7-11-22)23-16-24(35)33(25(23)36)21-14-12-20(13-15-21)28(29,30)31/h2-15,23H,16-17H2,1H3. The fourth-order valence-electron chi connectivity index (χ4n) is 5.11. The number of carbonyl (C=O) groups is 3. The number of para-hydroxylation sites is 1. The molecule has 6 nitrogen and oxygen atoms in total. The third-order valence-electron chi connectivity index (χ3n) is 6.99. The lowest BCUT2D eigenvalue weighted by atomic mass is 9.67. The summed E-state index contributed by atoms with van der Waals surface area (Å²) in [5.74, 6) is -2.73. The van der Waals surface area contributed by atoms with Gasteiger partial charge in [0.25, 0.3) is 5.91 Å². The van der Waals surface area contributed by atoms with Crippen LogP contribution >= 0.6 is 0 Å². The van der Waals surface area contributed by atoms with Crippen molar-refractivity contribution in [3.05, 3.63) is 96.1 Å². The van der Waals surface area contributed by atoms with Gasteiger partial charge in [0.15, 0.2) is 0 Å². The normalized spacial score (nSPS) is 22.1. The van der Waals surface area contributed by atoms with Crippen molar-refractivity contribution in [2.45, 2.75) is 25.9 Å². The zero-order chi connectivity index (χ0) is 26.4. The van der Waals surface area contributed by atoms with Crippen LogP contribution in [0.2, 0.25) is 0 Å². The van der Waals surface area contributed by atoms with E-state index in [0.29, 0.717) is 11.4 Å². The van der Waals surface area contributed by atoms with E-state index in [1.807, 2.05) is 30.3 Å². The lowest BCUT2D eigenvalue weighted by Crippen LogP contribution is -2.49. The van der Waals surface area contributed by atoms with Gasteiger partial charge in [-0.3, -0.25) is 19.3 Å². The number of hydrogen-bond acceptors (Lipinski definition) is 4. The van der Waals surface area contributed by atoms with Gasteiger partial charge in [0.1, 0.15) is 5.41 Å². The van der Waals surface area contributed by atoms with Crippen LogP contribution in [0.1, 0.15) is 24.5 Å². The zero-order valence-electron chi connectivity index (χ0n) is 19.8. The molecule has 0 saturated carbocycles. The van der Waals surface area contributed by atoms with Crippen LogP contribution in [0.5, 0.6) is 0 Å². The Morgan fingerprint density at radius 2 is 1.46 bits per heavy atom. The molecule has 2 unspecified atom stereocenters. The van der Waals surface area contributed by atoms with Gasteiger partial charge in [-0.15, -0.1) is 0 Å². The predicted molar refractivity (Wildman–Crippen MR) is 132 cm³/mol. The first-order valence-corrected chi connectivity index (χ1v) is 11.7. The Kier molecular flexibility index (Phi) is 5.94. The SMILES string of the molecule is CC1=NN(c2ccccc2)C(=O)C1(Cc1ccccc1)C1CC(=O)N(c2ccc(C(F)(F)F)cc2)C1=O. The molecule has 37 heavy (non-hydrogen) atoms. The molecule has 2 aliphatic heterocycles. The summed E-state index contributed by atoms with van der Waals surface area (Å²) in [7, 11) is 0. The summed E-state index contributed by atoms with van der Waals surface area (Å²) >= 11 is 0. The van der Waals surface area contributed by atoms with E-state index in [-0.39, 0.29) is 18.5 Å². The summed E-state index contributed by atoms with van der Waals surface area (Å²) in [5, 5.41) is 5.78. The number of hydrazone groups is 1. The first kappa shape index (κ1) is 24.4. The monoisotopic (exact) mass is 505 g/mol. The van der Waals surface area contributed by atoms with Crippen LogP contribution in [-0.4, -0.2) is 23.4 Å². The fourth-order valence-corrected chi connectivity index (χ4v) is 5.11. The molecule has 1 fully saturated rings. The number of imide groups is 1. The quantitative estimate of drug-likeness (QED) is 0.446. The highest BCUT2D eigenvalue weighted by molar-refractivity contribution is 6.27. The summed E-state index contributed by atoms with van der Waals surface area (Å²) < 4.78 is 39.1. The Morgan fingerprint density at radius 1 is 0.865 bits per heavy atom. The van der Waals surface area contributed by atoms with Gasteiger partial charge in [0, 0.05) is 6.42 Å². The van der Waals surface area contributed by atoms with Crippen molar-refractivity contribution in [1.29, 1.82) is 0 Å². The molecule has 5 rings (SSSR count). The molecule has 0 N–H and O–H groups in total. The molecule has 0 radical (unpaired) electrons. The maximum absolute atomic E-state index is 14.1. The van der Waals surface area contributed by atoms with Crippen molar-refractivity contribution in [2.24, 2.45) is 16.4 Å². The van der Waals surface area contributed by atoms with Crippen LogP contribution in [0.25, 0.3) is 0 Å². The van der Waals surface area contributed by atoms with Gasteiger partial charge in [0.2, 0.25) is 11.8 Å². The molecule has 2 heterocycles. The third kappa shape index (κ3) is 4.10. The van der Waals surface area contributed by atoms with Crippen molar-refractivity contribution in [2.75, 3.05) is 9.91 Å². The molecule has 188 valence electrons. The number of anilines is 2. The van der Waals surface area contributed by atoms with Gasteiger partial charge < -0.3 is 0 Å². The smallest absolute Gasteiger partial charge is 0.274 e. The summed E-state index contributed by atoms with van der Waals surface area (Å²) in [4.78, 5) is 41.8. The van der Waals surface area contributed by atoms with E-state index in [0.717, 1.165) is 34.7 Å². The van der Waals surface area contributed by atoms with Crippen LogP contribution in [0.3, 0.4) is 0 Å². The Labute approximate surface area is 211 Å². The van der Waals surface area contributed by atoms with Gasteiger partial charge in [-0.25, -0.2) is 0 Å². The highest BCUT2D eigenvalue weighted by Gasteiger charge is 2.61. The molecular formula is C28H22F3N3O3. The molecule has 0 spiro atoms. The average molecular weight is 505 g/mol. The lowest BCUT2D eigenvalue weighted by Gasteiger charge is -2.33. The number of hydrogen-bond donors (Lipinski definition) is 0. The Balaban J connectivity index is 1.56. The zero-order valence-corrected chi connectivity index (χ0v) is 19.8. The van der Waals surface area contributed by atoms with Crippen molar-refractivity contribution in [3.8, 4) is 0 Å². The van der Waals surface area contributed by atoms with E-state index < -0.39 is 40.8 Å². The molecule has 2 atom stereocenters. The van der Waals surface area contributed by atoms with Gasteiger partial charge in [-0.05, 0) is 55.3 Å². The van der Waals surface area contributed by atoms with Crippen molar-refractivity contribution in [1.82, 2.24) is 0 Å². The van der Waals surface area contributed by atoms with E-state index in [9.17, 15) is 27.6 Å². The van der Waals surface area contributed by atoms with Crippen LogP contribution < -0.4 is 9.91 Å². The van der Waals surface area contributed by atoms with Gasteiger partial charge >= 0.3 is 6.18 Å². The second-order valence-corrected chi connectivity index (χ2v) is 9.14. The van der Waals surface area contributed by atoms with Gasteiger partial charge in [0.05, 0.1) is 28.6 Å². The molecule has 9 heteroatoms. The van der Waals surface area contributed by atoms with E-state index >= 15 is 0 Å². The maximum Gasteiger partial charge on any atom is 0.416 e.